The molecular weight excluding hydrogens is 474 g/mol. The zero-order valence-electron chi connectivity index (χ0n) is 19.6. The molecule has 0 saturated carbocycles. The van der Waals surface area contributed by atoms with Crippen LogP contribution in [-0.2, 0) is 13.2 Å². The average molecular weight is 498 g/mol. The second-order valence-electron chi connectivity index (χ2n) is 8.30. The summed E-state index contributed by atoms with van der Waals surface area (Å²) in [6.45, 7) is 2.43. The normalized spacial score (nSPS) is 10.8. The molecule has 6 nitrogen and oxygen atoms in total. The molecule has 5 aromatic rings. The zero-order chi connectivity index (χ0) is 24.9. The van der Waals surface area contributed by atoms with Crippen molar-refractivity contribution in [2.24, 2.45) is 0 Å². The number of benzene rings is 3. The van der Waals surface area contributed by atoms with Gasteiger partial charge in [0, 0.05) is 28.9 Å². The van der Waals surface area contributed by atoms with E-state index in [0.717, 1.165) is 28.1 Å². The van der Waals surface area contributed by atoms with E-state index in [9.17, 15) is 4.79 Å². The second-order valence-corrected chi connectivity index (χ2v) is 8.73. The van der Waals surface area contributed by atoms with E-state index in [1.165, 1.54) is 0 Å². The minimum atomic E-state index is -0.310. The smallest absolute Gasteiger partial charge is 0.287 e. The summed E-state index contributed by atoms with van der Waals surface area (Å²) in [6.07, 6.45) is 1.94. The Hall–Kier alpha value is -4.29. The molecule has 0 saturated heterocycles. The summed E-state index contributed by atoms with van der Waals surface area (Å²) in [5.74, 6) is 1.18. The van der Waals surface area contributed by atoms with Crippen LogP contribution in [0.1, 0.15) is 27.4 Å². The van der Waals surface area contributed by atoms with E-state index >= 15 is 0 Å². The van der Waals surface area contributed by atoms with Crippen molar-refractivity contribution in [1.82, 2.24) is 15.1 Å². The maximum atomic E-state index is 12.8. The molecule has 0 atom stereocenters. The van der Waals surface area contributed by atoms with Gasteiger partial charge in [0.05, 0.1) is 11.4 Å². The van der Waals surface area contributed by atoms with Gasteiger partial charge in [-0.2, -0.15) is 5.10 Å². The van der Waals surface area contributed by atoms with Gasteiger partial charge in [-0.05, 0) is 55.0 Å². The summed E-state index contributed by atoms with van der Waals surface area (Å²) in [7, 11) is 0. The Morgan fingerprint density at radius 3 is 2.50 bits per heavy atom. The highest BCUT2D eigenvalue weighted by Crippen LogP contribution is 2.25. The SMILES string of the molecule is Cc1cc(Cl)ccc1OCc1ccc(C(=O)NCc2cn(-c3ccccc3)nc2-c2ccccc2)o1. The van der Waals surface area contributed by atoms with Crippen LogP contribution in [0, 0.1) is 6.92 Å². The predicted octanol–water partition coefficient (Wildman–Crippen LogP) is 6.60. The molecule has 3 aromatic carbocycles. The number of rotatable bonds is 8. The molecule has 0 aliphatic carbocycles. The van der Waals surface area contributed by atoms with Crippen molar-refractivity contribution >= 4 is 17.5 Å². The van der Waals surface area contributed by atoms with Crippen LogP contribution in [0.3, 0.4) is 0 Å². The maximum Gasteiger partial charge on any atom is 0.287 e. The molecule has 2 heterocycles. The number of carbonyl (C=O) groups excluding carboxylic acids is 1. The van der Waals surface area contributed by atoms with Gasteiger partial charge in [0.25, 0.3) is 5.91 Å². The van der Waals surface area contributed by atoms with Crippen molar-refractivity contribution in [2.45, 2.75) is 20.1 Å². The molecule has 180 valence electrons. The summed E-state index contributed by atoms with van der Waals surface area (Å²) in [6, 6.07) is 28.6. The Labute approximate surface area is 214 Å². The van der Waals surface area contributed by atoms with Crippen LogP contribution in [0.15, 0.2) is 102 Å². The summed E-state index contributed by atoms with van der Waals surface area (Å²) in [4.78, 5) is 12.8. The van der Waals surface area contributed by atoms with Gasteiger partial charge in [0.2, 0.25) is 0 Å². The molecular formula is C29H24ClN3O3. The monoisotopic (exact) mass is 497 g/mol. The number of halogens is 1. The van der Waals surface area contributed by atoms with Crippen molar-refractivity contribution in [3.8, 4) is 22.7 Å². The first-order chi connectivity index (χ1) is 17.6. The summed E-state index contributed by atoms with van der Waals surface area (Å²) < 4.78 is 13.4. The molecule has 0 spiro atoms. The van der Waals surface area contributed by atoms with Gasteiger partial charge in [-0.15, -0.1) is 0 Å². The van der Waals surface area contributed by atoms with E-state index in [1.807, 2.05) is 90.6 Å². The van der Waals surface area contributed by atoms with Crippen LogP contribution in [0.4, 0.5) is 0 Å². The molecule has 1 amide bonds. The fraction of sp³-hybridized carbons (Fsp3) is 0.103. The highest BCUT2D eigenvalue weighted by atomic mass is 35.5. The Kier molecular flexibility index (Phi) is 6.87. The minimum Gasteiger partial charge on any atom is -0.485 e. The topological polar surface area (TPSA) is 69.3 Å². The zero-order valence-corrected chi connectivity index (χ0v) is 20.4. The number of aromatic nitrogens is 2. The minimum absolute atomic E-state index is 0.206. The highest BCUT2D eigenvalue weighted by molar-refractivity contribution is 6.30. The number of para-hydroxylation sites is 1. The third-order valence-electron chi connectivity index (χ3n) is 5.69. The van der Waals surface area contributed by atoms with Gasteiger partial charge in [-0.25, -0.2) is 4.68 Å². The number of nitrogens with one attached hydrogen (secondary N) is 1. The summed E-state index contributed by atoms with van der Waals surface area (Å²) >= 11 is 6.00. The van der Waals surface area contributed by atoms with Crippen molar-refractivity contribution in [3.63, 3.8) is 0 Å². The van der Waals surface area contributed by atoms with Gasteiger partial charge in [-0.3, -0.25) is 4.79 Å². The van der Waals surface area contributed by atoms with E-state index in [2.05, 4.69) is 5.32 Å². The Balaban J connectivity index is 1.28. The van der Waals surface area contributed by atoms with E-state index < -0.39 is 0 Å². The fourth-order valence-corrected chi connectivity index (χ4v) is 4.08. The van der Waals surface area contributed by atoms with E-state index in [1.54, 1.807) is 18.2 Å². The number of hydrogen-bond donors (Lipinski definition) is 1. The lowest BCUT2D eigenvalue weighted by Crippen LogP contribution is -2.22. The third kappa shape index (κ3) is 5.34. The van der Waals surface area contributed by atoms with Gasteiger partial charge in [-0.1, -0.05) is 60.1 Å². The van der Waals surface area contributed by atoms with E-state index in [0.29, 0.717) is 23.1 Å². The van der Waals surface area contributed by atoms with Crippen LogP contribution < -0.4 is 10.1 Å². The Morgan fingerprint density at radius 2 is 1.75 bits per heavy atom. The van der Waals surface area contributed by atoms with Gasteiger partial charge in [0.15, 0.2) is 5.76 Å². The second kappa shape index (κ2) is 10.5. The maximum absolute atomic E-state index is 12.8. The Morgan fingerprint density at radius 1 is 1.00 bits per heavy atom. The molecule has 0 bridgehead atoms. The van der Waals surface area contributed by atoms with Crippen LogP contribution in [0.2, 0.25) is 5.02 Å². The molecule has 0 radical (unpaired) electrons. The quantitative estimate of drug-likeness (QED) is 0.262. The van der Waals surface area contributed by atoms with Crippen LogP contribution >= 0.6 is 11.6 Å². The average Bonchev–Trinajstić information content (AvgIpc) is 3.56. The summed E-state index contributed by atoms with van der Waals surface area (Å²) in [5.41, 5.74) is 4.56. The van der Waals surface area contributed by atoms with Crippen molar-refractivity contribution in [3.05, 3.63) is 125 Å². The predicted molar refractivity (Wildman–Crippen MR) is 139 cm³/mol. The van der Waals surface area contributed by atoms with Crippen molar-refractivity contribution in [2.75, 3.05) is 0 Å². The van der Waals surface area contributed by atoms with Crippen LogP contribution in [-0.4, -0.2) is 15.7 Å². The largest absolute Gasteiger partial charge is 0.485 e. The third-order valence-corrected chi connectivity index (χ3v) is 5.92. The van der Waals surface area contributed by atoms with E-state index in [-0.39, 0.29) is 18.3 Å². The number of nitrogens with zero attached hydrogens (tertiary/aromatic N) is 2. The van der Waals surface area contributed by atoms with Gasteiger partial charge < -0.3 is 14.5 Å². The number of furan rings is 1. The molecule has 0 aliphatic heterocycles. The standard InChI is InChI=1S/C29H24ClN3O3/c1-20-16-23(30)12-14-26(20)35-19-25-13-15-27(36-25)29(34)31-17-22-18-33(24-10-6-3-7-11-24)32-28(22)21-8-4-2-5-9-21/h2-16,18H,17,19H2,1H3,(H,31,34). The summed E-state index contributed by atoms with van der Waals surface area (Å²) in [5, 5.41) is 8.39. The van der Waals surface area contributed by atoms with Crippen molar-refractivity contribution < 1.29 is 13.9 Å². The lowest BCUT2D eigenvalue weighted by molar-refractivity contribution is 0.0919. The molecule has 0 unspecified atom stereocenters. The van der Waals surface area contributed by atoms with Crippen LogP contribution in [0.5, 0.6) is 5.75 Å². The molecule has 0 aliphatic rings. The molecule has 1 N–H and O–H groups in total. The molecule has 36 heavy (non-hydrogen) atoms. The van der Waals surface area contributed by atoms with Gasteiger partial charge >= 0.3 is 0 Å². The molecule has 2 aromatic heterocycles. The Bertz CT molecular complexity index is 1480. The first-order valence-electron chi connectivity index (χ1n) is 11.5. The number of carbonyl (C=O) groups is 1. The first-order valence-corrected chi connectivity index (χ1v) is 11.9. The molecule has 0 fully saturated rings. The van der Waals surface area contributed by atoms with Crippen molar-refractivity contribution in [1.29, 1.82) is 0 Å². The highest BCUT2D eigenvalue weighted by Gasteiger charge is 2.16. The number of ether oxygens (including phenoxy) is 1. The lowest BCUT2D eigenvalue weighted by atomic mass is 10.1. The lowest BCUT2D eigenvalue weighted by Gasteiger charge is -2.08. The van der Waals surface area contributed by atoms with Crippen LogP contribution in [0.25, 0.3) is 16.9 Å². The first kappa shape index (κ1) is 23.5. The molecule has 5 rings (SSSR count). The number of hydrogen-bond acceptors (Lipinski definition) is 4. The van der Waals surface area contributed by atoms with Gasteiger partial charge in [0.1, 0.15) is 18.1 Å². The number of aryl methyl sites for hydroxylation is 1. The number of amides is 1. The fourth-order valence-electron chi connectivity index (χ4n) is 3.85. The molecule has 7 heteroatoms. The van der Waals surface area contributed by atoms with E-state index in [4.69, 9.17) is 25.9 Å².